The van der Waals surface area contributed by atoms with E-state index in [1.54, 1.807) is 6.20 Å². The molecule has 11 N–H and O–H groups in total. The van der Waals surface area contributed by atoms with E-state index in [4.69, 9.17) is 21.1 Å². The molecule has 0 radical (unpaired) electrons. The van der Waals surface area contributed by atoms with Crippen LogP contribution in [0.2, 0.25) is 0 Å². The molecule has 5 aromatic rings. The Morgan fingerprint density at radius 2 is 1.27 bits per heavy atom. The van der Waals surface area contributed by atoms with Gasteiger partial charge in [0.25, 0.3) is 0 Å². The van der Waals surface area contributed by atoms with E-state index in [1.807, 2.05) is 130 Å². The number of alkyl carbamates (subject to hydrolysis) is 1. The average Bonchev–Trinajstić information content (AvgIpc) is 3.85. The first-order chi connectivity index (χ1) is 38.6. The molecular weight excluding hydrogens is 1020 g/mol. The SMILES string of the molecule is CC(C)(C)OC(=O)NCCCCCCCCCCCC(=O)N[C@@H](Cc1ccc(OCc2ccccc2)cc1)C(=O)C[C@H](Cc1ccccc1)C(=O)N[C@@H](CCCN=C(N)NOON)C(=O)N[C@@H](Cc1c[nH]c2ccccc12)C(=O)O. The molecule has 20 heteroatoms. The summed E-state index contributed by atoms with van der Waals surface area (Å²) in [6.07, 6.45) is 10.2. The van der Waals surface area contributed by atoms with Gasteiger partial charge in [0, 0.05) is 55.4 Å². The van der Waals surface area contributed by atoms with Gasteiger partial charge in [0.15, 0.2) is 5.78 Å². The standard InChI is InChI=1S/C60H81N9O11/c1-60(2,3)78-59(76)64-34-20-10-8-6-4-5-7-9-17-29-54(71)66-51(37-43-30-32-47(33-31-43)77-41-44-24-15-12-16-25-44)53(70)39-45(36-42-22-13-11-14-23-42)55(72)67-50(28-21-35-63-58(61)69-80-79-62)56(73)68-52(57(74)75)38-46-40-65-49-27-19-18-26-48(46)49/h11-16,18-19,22-27,30-33,40,45,50-52,65H,4-10,17,20-21,28-29,34-39,41,62H2,1-3H3,(H,64,76)(H,66,71)(H,67,72)(H,68,73)(H,74,75)(H3,61,63,69)/t45-,50-,51-,52-/m0/s1. The minimum Gasteiger partial charge on any atom is -0.489 e. The molecule has 0 unspecified atom stereocenters. The number of hydrogen-bond donors (Lipinski definition) is 9. The molecule has 432 valence electrons. The number of aromatic amines is 1. The number of carboxylic acids is 1. The van der Waals surface area contributed by atoms with Gasteiger partial charge in [-0.1, -0.05) is 141 Å². The van der Waals surface area contributed by atoms with Crippen LogP contribution in [-0.2, 0) is 64.6 Å². The minimum absolute atomic E-state index is 0.00555. The zero-order valence-electron chi connectivity index (χ0n) is 46.3. The number of fused-ring (bicyclic) bond motifs is 1. The van der Waals surface area contributed by atoms with Crippen LogP contribution in [0, 0.1) is 5.92 Å². The lowest BCUT2D eigenvalue weighted by Crippen LogP contribution is -2.53. The van der Waals surface area contributed by atoms with Gasteiger partial charge in [0.1, 0.15) is 30.0 Å². The summed E-state index contributed by atoms with van der Waals surface area (Å²) in [4.78, 5) is 97.6. The number of ketones is 1. The summed E-state index contributed by atoms with van der Waals surface area (Å²) < 4.78 is 11.3. The lowest BCUT2D eigenvalue weighted by Gasteiger charge is -2.25. The van der Waals surface area contributed by atoms with Crippen molar-refractivity contribution < 1.29 is 53.3 Å². The number of Topliss-reactive ketones (excluding diaryl/α,β-unsaturated/α-hetero) is 1. The number of aliphatic carboxylic acids is 1. The summed E-state index contributed by atoms with van der Waals surface area (Å²) in [5.74, 6) is 0.985. The largest absolute Gasteiger partial charge is 0.489 e. The van der Waals surface area contributed by atoms with Gasteiger partial charge in [-0.15, -0.1) is 4.99 Å². The van der Waals surface area contributed by atoms with Gasteiger partial charge in [-0.25, -0.2) is 15.1 Å². The van der Waals surface area contributed by atoms with Gasteiger partial charge in [-0.2, -0.15) is 5.90 Å². The maximum Gasteiger partial charge on any atom is 0.407 e. The van der Waals surface area contributed by atoms with Gasteiger partial charge in [0.05, 0.1) is 6.04 Å². The van der Waals surface area contributed by atoms with E-state index in [2.05, 4.69) is 46.7 Å². The number of aromatic nitrogens is 1. The number of unbranched alkanes of at least 4 members (excludes halogenated alkanes) is 8. The Morgan fingerprint density at radius 3 is 1.94 bits per heavy atom. The Kier molecular flexibility index (Phi) is 27.0. The minimum atomic E-state index is -1.37. The van der Waals surface area contributed by atoms with Crippen molar-refractivity contribution in [1.82, 2.24) is 31.7 Å². The molecule has 4 aromatic carbocycles. The number of nitrogens with two attached hydrogens (primary N) is 2. The van der Waals surface area contributed by atoms with Crippen LogP contribution >= 0.6 is 0 Å². The van der Waals surface area contributed by atoms with E-state index in [-0.39, 0.29) is 69.1 Å². The summed E-state index contributed by atoms with van der Waals surface area (Å²) in [6.45, 7) is 6.50. The summed E-state index contributed by atoms with van der Waals surface area (Å²) in [5.41, 5.74) is 11.4. The quantitative estimate of drug-likeness (QED) is 0.00610. The molecule has 1 aromatic heterocycles. The smallest absolute Gasteiger partial charge is 0.407 e. The zero-order valence-corrected chi connectivity index (χ0v) is 46.3. The molecular formula is C60H81N9O11. The lowest BCUT2D eigenvalue weighted by atomic mass is 9.89. The first-order valence-corrected chi connectivity index (χ1v) is 27.6. The highest BCUT2D eigenvalue weighted by molar-refractivity contribution is 5.95. The third-order valence-electron chi connectivity index (χ3n) is 13.2. The van der Waals surface area contributed by atoms with Crippen LogP contribution in [0.5, 0.6) is 5.75 Å². The molecule has 0 saturated heterocycles. The van der Waals surface area contributed by atoms with Gasteiger partial charge >= 0.3 is 12.1 Å². The summed E-state index contributed by atoms with van der Waals surface area (Å²) in [7, 11) is 0. The molecule has 20 nitrogen and oxygen atoms in total. The number of amides is 4. The first kappa shape index (κ1) is 63.0. The predicted molar refractivity (Wildman–Crippen MR) is 305 cm³/mol. The fourth-order valence-corrected chi connectivity index (χ4v) is 9.05. The third-order valence-corrected chi connectivity index (χ3v) is 13.2. The third kappa shape index (κ3) is 24.1. The Balaban J connectivity index is 1.27. The van der Waals surface area contributed by atoms with Crippen molar-refractivity contribution in [1.29, 1.82) is 0 Å². The maximum atomic E-state index is 14.7. The van der Waals surface area contributed by atoms with Crippen molar-refractivity contribution in [3.05, 3.63) is 138 Å². The predicted octanol–water partition coefficient (Wildman–Crippen LogP) is 7.74. The van der Waals surface area contributed by atoms with Crippen molar-refractivity contribution >= 4 is 52.4 Å². The maximum absolute atomic E-state index is 14.7. The molecule has 80 heavy (non-hydrogen) atoms. The number of carbonyl (C=O) groups is 6. The number of carboxylic acid groups (broad SMARTS) is 1. The molecule has 0 saturated carbocycles. The average molecular weight is 1100 g/mol. The number of H-pyrrole nitrogens is 1. The number of ether oxygens (including phenoxy) is 2. The molecule has 0 aliphatic rings. The number of hydroxylamine groups is 1. The number of nitrogens with zero attached hydrogens (tertiary/aromatic N) is 1. The fourth-order valence-electron chi connectivity index (χ4n) is 9.05. The molecule has 4 atom stereocenters. The van der Waals surface area contributed by atoms with Gasteiger partial charge < -0.3 is 46.6 Å². The molecule has 1 heterocycles. The monoisotopic (exact) mass is 1100 g/mol. The number of nitrogens with one attached hydrogen (secondary N) is 6. The Hall–Kier alpha value is -7.81. The van der Waals surface area contributed by atoms with Crippen molar-refractivity contribution in [2.24, 2.45) is 22.5 Å². The van der Waals surface area contributed by atoms with Crippen molar-refractivity contribution in [2.45, 2.75) is 154 Å². The molecule has 0 aliphatic heterocycles. The highest BCUT2D eigenvalue weighted by atomic mass is 17.3. The number of rotatable bonds is 36. The Labute approximate surface area is 468 Å². The van der Waals surface area contributed by atoms with E-state index in [0.717, 1.165) is 79.0 Å². The topological polar surface area (TPSA) is 300 Å². The van der Waals surface area contributed by atoms with Crippen LogP contribution in [0.25, 0.3) is 10.9 Å². The van der Waals surface area contributed by atoms with Crippen LogP contribution in [0.3, 0.4) is 0 Å². The molecule has 0 bridgehead atoms. The van der Waals surface area contributed by atoms with Gasteiger partial charge in [-0.05, 0) is 99.7 Å². The highest BCUT2D eigenvalue weighted by Gasteiger charge is 2.32. The second-order valence-electron chi connectivity index (χ2n) is 20.9. The highest BCUT2D eigenvalue weighted by Crippen LogP contribution is 2.22. The second kappa shape index (κ2) is 34.3. The Bertz CT molecular complexity index is 2720. The van der Waals surface area contributed by atoms with Crippen molar-refractivity contribution in [3.63, 3.8) is 0 Å². The van der Waals surface area contributed by atoms with E-state index in [0.29, 0.717) is 30.9 Å². The number of guanidine groups is 1. The number of benzene rings is 4. The molecule has 0 fully saturated rings. The van der Waals surface area contributed by atoms with E-state index in [1.165, 1.54) is 0 Å². The first-order valence-electron chi connectivity index (χ1n) is 27.6. The lowest BCUT2D eigenvalue weighted by molar-refractivity contribution is -0.326. The number of aliphatic imine (C=N–C) groups is 1. The molecule has 0 aliphatic carbocycles. The molecule has 4 amide bonds. The Morgan fingerprint density at radius 1 is 0.662 bits per heavy atom. The number of para-hydroxylation sites is 1. The van der Waals surface area contributed by atoms with Crippen LogP contribution in [0.15, 0.2) is 120 Å². The summed E-state index contributed by atoms with van der Waals surface area (Å²) >= 11 is 0. The van der Waals surface area contributed by atoms with Gasteiger partial charge in [-0.3, -0.25) is 24.2 Å². The number of carbonyl (C=O) groups excluding carboxylic acids is 5. The van der Waals surface area contributed by atoms with Crippen LogP contribution in [0.4, 0.5) is 4.79 Å². The zero-order chi connectivity index (χ0) is 57.5. The number of hydrogen-bond acceptors (Lipinski definition) is 12. The normalized spacial score (nSPS) is 13.1. The summed E-state index contributed by atoms with van der Waals surface area (Å²) in [5, 5.41) is 22.4. The van der Waals surface area contributed by atoms with Crippen LogP contribution < -0.4 is 43.1 Å². The van der Waals surface area contributed by atoms with Gasteiger partial charge in [0.2, 0.25) is 23.7 Å². The molecule has 0 spiro atoms. The van der Waals surface area contributed by atoms with Crippen molar-refractivity contribution in [3.8, 4) is 5.75 Å². The summed E-state index contributed by atoms with van der Waals surface area (Å²) in [6, 6.07) is 30.0. The molecule has 5 rings (SSSR count). The fraction of sp³-hybridized carbons (Fsp3) is 0.450. The van der Waals surface area contributed by atoms with Crippen LogP contribution in [-0.4, -0.2) is 88.4 Å². The van der Waals surface area contributed by atoms with E-state index >= 15 is 0 Å². The second-order valence-corrected chi connectivity index (χ2v) is 20.9. The van der Waals surface area contributed by atoms with Crippen LogP contribution in [0.1, 0.15) is 126 Å². The van der Waals surface area contributed by atoms with Crippen molar-refractivity contribution in [2.75, 3.05) is 13.1 Å². The van der Waals surface area contributed by atoms with E-state index < -0.39 is 53.5 Å². The van der Waals surface area contributed by atoms with E-state index in [9.17, 15) is 33.9 Å².